The van der Waals surface area contributed by atoms with E-state index in [0.717, 1.165) is 79.4 Å². The molecule has 0 fully saturated rings. The molecule has 14 aromatic carbocycles. The number of para-hydroxylation sites is 4. The van der Waals surface area contributed by atoms with Crippen molar-refractivity contribution in [2.24, 2.45) is 0 Å². The lowest BCUT2D eigenvalue weighted by Gasteiger charge is -2.28. The Kier molecular flexibility index (Phi) is 12.6. The molecule has 0 N–H and O–H groups in total. The Balaban J connectivity index is 0.797. The van der Waals surface area contributed by atoms with Gasteiger partial charge in [-0.2, -0.15) is 0 Å². The van der Waals surface area contributed by atoms with Gasteiger partial charge in [0.05, 0.1) is 0 Å². The van der Waals surface area contributed by atoms with Crippen molar-refractivity contribution >= 4 is 111 Å². The van der Waals surface area contributed by atoms with Gasteiger partial charge in [0, 0.05) is 68.2 Å². The number of fused-ring (bicyclic) bond motifs is 4. The Hall–Kier alpha value is -10.7. The molecular weight excluding hydrogens is 969 g/mol. The maximum atomic E-state index is 2.38. The SMILES string of the molecule is c1ccc(N(c2ccccc2)c2ccc3cc(N(c4ccc(-c5ccc(N(c6ccc7ccccc7c6)c6ccc7cc(N(c8ccccc8)c8ccccc8)ccc7c6)cc5)cc4)c4ccc5ccccc5c4)ccc3c2)cc1. The van der Waals surface area contributed by atoms with Crippen molar-refractivity contribution in [3.63, 3.8) is 0 Å². The van der Waals surface area contributed by atoms with Crippen LogP contribution in [0.5, 0.6) is 0 Å². The first-order valence-corrected chi connectivity index (χ1v) is 27.3. The van der Waals surface area contributed by atoms with Gasteiger partial charge in [0.2, 0.25) is 0 Å². The topological polar surface area (TPSA) is 13.0 Å². The van der Waals surface area contributed by atoms with Crippen LogP contribution in [0.1, 0.15) is 0 Å². The lowest BCUT2D eigenvalue weighted by Crippen LogP contribution is -2.11. The molecule has 0 spiro atoms. The first-order valence-electron chi connectivity index (χ1n) is 27.3. The summed E-state index contributed by atoms with van der Waals surface area (Å²) >= 11 is 0. The minimum absolute atomic E-state index is 1.08. The first-order chi connectivity index (χ1) is 39.6. The number of benzene rings is 14. The summed E-state index contributed by atoms with van der Waals surface area (Å²) in [6.45, 7) is 0. The van der Waals surface area contributed by atoms with Crippen molar-refractivity contribution in [2.75, 3.05) is 19.6 Å². The Morgan fingerprint density at radius 1 is 0.125 bits per heavy atom. The Morgan fingerprint density at radius 2 is 0.300 bits per heavy atom. The Morgan fingerprint density at radius 3 is 0.562 bits per heavy atom. The number of hydrogen-bond acceptors (Lipinski definition) is 4. The van der Waals surface area contributed by atoms with Crippen LogP contribution in [0, 0.1) is 0 Å². The van der Waals surface area contributed by atoms with Gasteiger partial charge in [0.25, 0.3) is 0 Å². The summed E-state index contributed by atoms with van der Waals surface area (Å²) in [6, 6.07) is 118. The van der Waals surface area contributed by atoms with E-state index in [2.05, 4.69) is 347 Å². The maximum absolute atomic E-state index is 2.38. The second-order valence-corrected chi connectivity index (χ2v) is 20.3. The lowest BCUT2D eigenvalue weighted by atomic mass is 10.0. The van der Waals surface area contributed by atoms with Crippen LogP contribution in [-0.2, 0) is 0 Å². The second-order valence-electron chi connectivity index (χ2n) is 20.3. The fraction of sp³-hybridized carbons (Fsp3) is 0. The minimum atomic E-state index is 1.08. The smallest absolute Gasteiger partial charge is 0.0468 e. The van der Waals surface area contributed by atoms with Gasteiger partial charge in [0.15, 0.2) is 0 Å². The number of anilines is 12. The molecule has 0 unspecified atom stereocenters. The van der Waals surface area contributed by atoms with E-state index in [1.807, 2.05) is 0 Å². The van der Waals surface area contributed by atoms with Gasteiger partial charge in [0.1, 0.15) is 0 Å². The Labute approximate surface area is 467 Å². The number of rotatable bonds is 13. The fourth-order valence-corrected chi connectivity index (χ4v) is 11.3. The average molecular weight is 1020 g/mol. The monoisotopic (exact) mass is 1020 g/mol. The summed E-state index contributed by atoms with van der Waals surface area (Å²) in [4.78, 5) is 9.39. The van der Waals surface area contributed by atoms with Crippen LogP contribution < -0.4 is 19.6 Å². The summed E-state index contributed by atoms with van der Waals surface area (Å²) in [6.07, 6.45) is 0. The standard InChI is InChI=1S/C76H54N4/c1-5-21-65(22-6-1)77(66-23-7-2-8-24-66)71-45-35-63-53-75(47-37-61(63)51-71)79(73-43-33-55-17-13-15-19-59(55)49-73)69-39-29-57(30-40-69)58-31-41-70(42-32-58)80(74-44-34-56-18-14-16-20-60(56)50-74)76-48-38-62-52-72(46-36-64(62)54-76)78(67-25-9-3-10-26-67)68-27-11-4-12-28-68/h1-54H. The Bertz CT molecular complexity index is 4100. The normalized spacial score (nSPS) is 11.2. The van der Waals surface area contributed by atoms with E-state index in [9.17, 15) is 0 Å². The van der Waals surface area contributed by atoms with E-state index in [1.54, 1.807) is 0 Å². The third kappa shape index (κ3) is 9.42. The molecule has 14 aromatic rings. The average Bonchev–Trinajstić information content (AvgIpc) is 3.54. The van der Waals surface area contributed by atoms with Crippen LogP contribution in [0.25, 0.3) is 54.2 Å². The summed E-state index contributed by atoms with van der Waals surface area (Å²) in [5, 5.41) is 9.50. The zero-order valence-corrected chi connectivity index (χ0v) is 44.0. The fourth-order valence-electron chi connectivity index (χ4n) is 11.3. The van der Waals surface area contributed by atoms with Gasteiger partial charge in [-0.15, -0.1) is 0 Å². The van der Waals surface area contributed by atoms with Crippen LogP contribution in [0.15, 0.2) is 328 Å². The van der Waals surface area contributed by atoms with Crippen molar-refractivity contribution < 1.29 is 0 Å². The van der Waals surface area contributed by atoms with E-state index >= 15 is 0 Å². The maximum Gasteiger partial charge on any atom is 0.0468 e. The highest BCUT2D eigenvalue weighted by molar-refractivity contribution is 5.97. The van der Waals surface area contributed by atoms with Crippen molar-refractivity contribution in [3.8, 4) is 11.1 Å². The third-order valence-corrected chi connectivity index (χ3v) is 15.3. The first kappa shape index (κ1) is 47.7. The van der Waals surface area contributed by atoms with Crippen molar-refractivity contribution in [2.45, 2.75) is 0 Å². The molecule has 0 radical (unpaired) electrons. The van der Waals surface area contributed by atoms with E-state index in [1.165, 1.54) is 43.1 Å². The van der Waals surface area contributed by atoms with Crippen molar-refractivity contribution in [3.05, 3.63) is 328 Å². The van der Waals surface area contributed by atoms with Crippen LogP contribution in [0.3, 0.4) is 0 Å². The van der Waals surface area contributed by atoms with Crippen LogP contribution >= 0.6 is 0 Å². The molecule has 4 nitrogen and oxygen atoms in total. The summed E-state index contributed by atoms with van der Waals surface area (Å²) in [5.74, 6) is 0. The zero-order chi connectivity index (χ0) is 53.2. The molecule has 0 saturated heterocycles. The van der Waals surface area contributed by atoms with Gasteiger partial charge in [-0.05, 0) is 200 Å². The van der Waals surface area contributed by atoms with Gasteiger partial charge < -0.3 is 19.6 Å². The van der Waals surface area contributed by atoms with E-state index in [4.69, 9.17) is 0 Å². The van der Waals surface area contributed by atoms with Gasteiger partial charge in [-0.1, -0.05) is 182 Å². The molecular formula is C76H54N4. The molecule has 0 aliphatic carbocycles. The number of nitrogens with zero attached hydrogens (tertiary/aromatic N) is 4. The van der Waals surface area contributed by atoms with Crippen molar-refractivity contribution in [1.82, 2.24) is 0 Å². The molecule has 14 rings (SSSR count). The molecule has 0 aliphatic rings. The van der Waals surface area contributed by atoms with E-state index < -0.39 is 0 Å². The highest BCUT2D eigenvalue weighted by Crippen LogP contribution is 2.44. The van der Waals surface area contributed by atoms with Gasteiger partial charge in [-0.3, -0.25) is 0 Å². The minimum Gasteiger partial charge on any atom is -0.310 e. The van der Waals surface area contributed by atoms with E-state index in [0.29, 0.717) is 0 Å². The van der Waals surface area contributed by atoms with E-state index in [-0.39, 0.29) is 0 Å². The zero-order valence-electron chi connectivity index (χ0n) is 44.0. The third-order valence-electron chi connectivity index (χ3n) is 15.3. The molecule has 0 bridgehead atoms. The largest absolute Gasteiger partial charge is 0.310 e. The highest BCUT2D eigenvalue weighted by atomic mass is 15.2. The highest BCUT2D eigenvalue weighted by Gasteiger charge is 2.19. The molecule has 0 aliphatic heterocycles. The van der Waals surface area contributed by atoms with Crippen LogP contribution in [0.2, 0.25) is 0 Å². The molecule has 0 heterocycles. The molecule has 378 valence electrons. The van der Waals surface area contributed by atoms with Crippen molar-refractivity contribution in [1.29, 1.82) is 0 Å². The summed E-state index contributed by atoms with van der Waals surface area (Å²) in [7, 11) is 0. The molecule has 4 heteroatoms. The predicted molar refractivity (Wildman–Crippen MR) is 341 cm³/mol. The van der Waals surface area contributed by atoms with Gasteiger partial charge in [-0.25, -0.2) is 0 Å². The quantitative estimate of drug-likeness (QED) is 0.114. The second kappa shape index (κ2) is 21.0. The van der Waals surface area contributed by atoms with Crippen LogP contribution in [0.4, 0.5) is 68.2 Å². The molecule has 0 aromatic heterocycles. The van der Waals surface area contributed by atoms with Gasteiger partial charge >= 0.3 is 0 Å². The molecule has 80 heavy (non-hydrogen) atoms. The summed E-state index contributed by atoms with van der Waals surface area (Å²) < 4.78 is 0. The van der Waals surface area contributed by atoms with Crippen LogP contribution in [-0.4, -0.2) is 0 Å². The summed E-state index contributed by atoms with van der Waals surface area (Å²) in [5.41, 5.74) is 15.5. The molecule has 0 amide bonds. The molecule has 0 atom stereocenters. The molecule has 0 saturated carbocycles. The predicted octanol–water partition coefficient (Wildman–Crippen LogP) is 21.8. The lowest BCUT2D eigenvalue weighted by molar-refractivity contribution is 1.28. The number of hydrogen-bond donors (Lipinski definition) is 0.